The summed E-state index contributed by atoms with van der Waals surface area (Å²) in [5.74, 6) is 1.27. The van der Waals surface area contributed by atoms with Crippen LogP contribution in [0, 0.1) is 0 Å². The molecule has 0 aliphatic rings. The van der Waals surface area contributed by atoms with Crippen LogP contribution < -0.4 is 29.6 Å². The maximum atomic E-state index is 12.6. The van der Waals surface area contributed by atoms with Gasteiger partial charge in [-0.15, -0.1) is 0 Å². The van der Waals surface area contributed by atoms with E-state index in [1.54, 1.807) is 24.3 Å². The minimum Gasteiger partial charge on any atom is -0.490 e. The van der Waals surface area contributed by atoms with E-state index in [4.69, 9.17) is 37.9 Å². The van der Waals surface area contributed by atoms with E-state index in [0.29, 0.717) is 23.0 Å². The minimum absolute atomic E-state index is 0.0109. The van der Waals surface area contributed by atoms with Crippen LogP contribution in [0.2, 0.25) is 0 Å². The van der Waals surface area contributed by atoms with Gasteiger partial charge in [-0.25, -0.2) is 19.2 Å². The van der Waals surface area contributed by atoms with Gasteiger partial charge in [0.15, 0.2) is 12.2 Å². The molecule has 14 heteroatoms. The number of hydrogen-bond acceptors (Lipinski definition) is 12. The number of ether oxygens (including phenoxy) is 8. The highest BCUT2D eigenvalue weighted by molar-refractivity contribution is 5.87. The van der Waals surface area contributed by atoms with Gasteiger partial charge in [-0.05, 0) is 73.5 Å². The Morgan fingerprint density at radius 2 is 0.820 bits per heavy atom. The fraction of sp³-hybridized carbons (Fsp3) is 0.319. The molecule has 0 spiro atoms. The molecule has 14 nitrogen and oxygen atoms in total. The number of rotatable bonds is 24. The Morgan fingerprint density at radius 3 is 1.13 bits per heavy atom. The van der Waals surface area contributed by atoms with Gasteiger partial charge in [-0.3, -0.25) is 0 Å². The van der Waals surface area contributed by atoms with Gasteiger partial charge in [0.2, 0.25) is 0 Å². The van der Waals surface area contributed by atoms with Crippen LogP contribution in [-0.4, -0.2) is 89.1 Å². The molecule has 4 aromatic carbocycles. The topological polar surface area (TPSA) is 166 Å². The zero-order chi connectivity index (χ0) is 44.0. The molecule has 324 valence electrons. The van der Waals surface area contributed by atoms with Crippen LogP contribution in [0.4, 0.5) is 9.59 Å². The molecule has 0 bridgehead atoms. The lowest BCUT2D eigenvalue weighted by Crippen LogP contribution is -2.37. The highest BCUT2D eigenvalue weighted by Gasteiger charge is 2.24. The van der Waals surface area contributed by atoms with Crippen LogP contribution in [0.25, 0.3) is 0 Å². The van der Waals surface area contributed by atoms with Gasteiger partial charge in [0, 0.05) is 16.6 Å². The summed E-state index contributed by atoms with van der Waals surface area (Å²) in [7, 11) is 0. The molecule has 4 aromatic rings. The number of hydrogen-bond donors (Lipinski definition) is 2. The number of carbonyl (C=O) groups is 4. The summed E-state index contributed by atoms with van der Waals surface area (Å²) in [6.07, 6.45) is -2.96. The molecule has 0 aliphatic heterocycles. The van der Waals surface area contributed by atoms with Crippen molar-refractivity contribution in [3.8, 4) is 23.0 Å². The molecule has 61 heavy (non-hydrogen) atoms. The fourth-order valence-electron chi connectivity index (χ4n) is 5.35. The zero-order valence-corrected chi connectivity index (χ0v) is 35.0. The van der Waals surface area contributed by atoms with Gasteiger partial charge in [0.1, 0.15) is 62.6 Å². The molecule has 4 rings (SSSR count). The molecule has 0 aromatic heterocycles. The van der Waals surface area contributed by atoms with Crippen molar-refractivity contribution < 1.29 is 57.1 Å². The smallest absolute Gasteiger partial charge is 0.407 e. The van der Waals surface area contributed by atoms with E-state index in [9.17, 15) is 19.2 Å². The Morgan fingerprint density at radius 1 is 0.508 bits per heavy atom. The van der Waals surface area contributed by atoms with Crippen molar-refractivity contribution >= 4 is 24.1 Å². The molecular weight excluding hydrogens is 785 g/mol. The highest BCUT2D eigenvalue weighted by atomic mass is 16.6. The van der Waals surface area contributed by atoms with Crippen LogP contribution in [0.1, 0.15) is 38.8 Å². The number of benzene rings is 4. The van der Waals surface area contributed by atoms with E-state index in [1.807, 2.05) is 84.9 Å². The summed E-state index contributed by atoms with van der Waals surface area (Å²) in [5.41, 5.74) is 2.16. The number of esters is 2. The van der Waals surface area contributed by atoms with Crippen molar-refractivity contribution in [1.29, 1.82) is 0 Å². The molecule has 0 saturated carbocycles. The maximum absolute atomic E-state index is 12.6. The monoisotopic (exact) mass is 838 g/mol. The fourth-order valence-corrected chi connectivity index (χ4v) is 5.35. The Kier molecular flexibility index (Phi) is 18.5. The Bertz CT molecular complexity index is 1880. The van der Waals surface area contributed by atoms with Crippen LogP contribution in [0.3, 0.4) is 0 Å². The molecule has 0 saturated heterocycles. The lowest BCUT2D eigenvalue weighted by molar-refractivity contribution is -0.139. The molecule has 2 N–H and O–H groups in total. The highest BCUT2D eigenvalue weighted by Crippen LogP contribution is 2.33. The van der Waals surface area contributed by atoms with Crippen molar-refractivity contribution in [2.24, 2.45) is 0 Å². The first kappa shape index (κ1) is 46.7. The molecule has 2 atom stereocenters. The third-order valence-corrected chi connectivity index (χ3v) is 8.84. The van der Waals surface area contributed by atoms with Gasteiger partial charge in [-0.1, -0.05) is 87.7 Å². The van der Waals surface area contributed by atoms with Crippen molar-refractivity contribution in [1.82, 2.24) is 10.6 Å². The SMILES string of the molecule is C=C(C)C(=O)OCCNC(=O)OC(COc1ccccc1)COc1ccc(C(C)(C)c2ccc(OCC(COc3ccccc3)OC(=O)NCCOC(=O)C(=C)C)cc2)cc1. The molecule has 0 heterocycles. The second-order valence-electron chi connectivity index (χ2n) is 14.3. The number of para-hydroxylation sites is 2. The first-order valence-corrected chi connectivity index (χ1v) is 19.7. The van der Waals surface area contributed by atoms with E-state index in [0.717, 1.165) is 11.1 Å². The van der Waals surface area contributed by atoms with Gasteiger partial charge in [0.05, 0.1) is 13.1 Å². The third kappa shape index (κ3) is 16.7. The van der Waals surface area contributed by atoms with Crippen LogP contribution in [0.5, 0.6) is 23.0 Å². The molecule has 2 unspecified atom stereocenters. The summed E-state index contributed by atoms with van der Waals surface area (Å²) in [6.45, 7) is 14.5. The first-order chi connectivity index (χ1) is 29.3. The minimum atomic E-state index is -0.768. The van der Waals surface area contributed by atoms with E-state index in [1.165, 1.54) is 13.8 Å². The van der Waals surface area contributed by atoms with Crippen LogP contribution in [0.15, 0.2) is 133 Å². The Balaban J connectivity index is 1.31. The summed E-state index contributed by atoms with van der Waals surface area (Å²) < 4.78 is 45.0. The van der Waals surface area contributed by atoms with Gasteiger partial charge in [0.25, 0.3) is 0 Å². The maximum Gasteiger partial charge on any atom is 0.407 e. The van der Waals surface area contributed by atoms with Crippen LogP contribution in [-0.2, 0) is 34.0 Å². The predicted molar refractivity (Wildman–Crippen MR) is 228 cm³/mol. The molecule has 0 fully saturated rings. The lowest BCUT2D eigenvalue weighted by Gasteiger charge is -2.27. The third-order valence-electron chi connectivity index (χ3n) is 8.84. The van der Waals surface area contributed by atoms with E-state index in [2.05, 4.69) is 37.6 Å². The zero-order valence-electron chi connectivity index (χ0n) is 35.0. The van der Waals surface area contributed by atoms with E-state index in [-0.39, 0.29) is 63.9 Å². The Labute approximate surface area is 356 Å². The van der Waals surface area contributed by atoms with Gasteiger partial charge in [-0.2, -0.15) is 0 Å². The predicted octanol–water partition coefficient (Wildman–Crippen LogP) is 7.36. The van der Waals surface area contributed by atoms with Crippen molar-refractivity contribution in [2.45, 2.75) is 45.3 Å². The number of amides is 2. The van der Waals surface area contributed by atoms with Gasteiger partial charge >= 0.3 is 24.1 Å². The van der Waals surface area contributed by atoms with E-state index < -0.39 is 41.7 Å². The molecule has 2 amide bonds. The van der Waals surface area contributed by atoms with Gasteiger partial charge < -0.3 is 48.5 Å². The lowest BCUT2D eigenvalue weighted by atomic mass is 9.78. The number of nitrogens with one attached hydrogen (secondary N) is 2. The Hall–Kier alpha value is -6.96. The average molecular weight is 839 g/mol. The number of alkyl carbamates (subject to hydrolysis) is 2. The second-order valence-corrected chi connectivity index (χ2v) is 14.3. The molecule has 0 radical (unpaired) electrons. The second kappa shape index (κ2) is 24.2. The summed E-state index contributed by atoms with van der Waals surface area (Å²) >= 11 is 0. The molecule has 0 aliphatic carbocycles. The summed E-state index contributed by atoms with van der Waals surface area (Å²) in [4.78, 5) is 48.3. The number of carbonyl (C=O) groups excluding carboxylic acids is 4. The van der Waals surface area contributed by atoms with E-state index >= 15 is 0 Å². The summed E-state index contributed by atoms with van der Waals surface area (Å²) in [5, 5.41) is 5.13. The average Bonchev–Trinajstić information content (AvgIpc) is 3.26. The first-order valence-electron chi connectivity index (χ1n) is 19.7. The largest absolute Gasteiger partial charge is 0.490 e. The molecular formula is C47H54N2O12. The quantitative estimate of drug-likeness (QED) is 0.0312. The van der Waals surface area contributed by atoms with Crippen molar-refractivity contribution in [3.05, 3.63) is 145 Å². The normalized spacial score (nSPS) is 11.7. The van der Waals surface area contributed by atoms with Crippen molar-refractivity contribution in [2.75, 3.05) is 52.7 Å². The van der Waals surface area contributed by atoms with Crippen molar-refractivity contribution in [3.63, 3.8) is 0 Å². The standard InChI is InChI=1S/C47H54N2O12/c1-33(2)43(50)54-27-25-48-45(52)60-41(29-56-37-13-9-7-10-14-37)31-58-39-21-17-35(18-22-39)47(5,6)36-19-23-40(24-20-36)59-32-42(30-57-38-15-11-8-12-16-38)61-46(53)49-26-28-55-44(51)34(3)4/h7-24,41-42H,1,3,25-32H2,2,4-6H3,(H,48,52)(H,49,53). The van der Waals surface area contributed by atoms with Crippen LogP contribution >= 0.6 is 0 Å². The summed E-state index contributed by atoms with van der Waals surface area (Å²) in [6, 6.07) is 33.6.